The minimum atomic E-state index is -0.581. The van der Waals surface area contributed by atoms with E-state index in [-0.39, 0.29) is 29.6 Å². The van der Waals surface area contributed by atoms with Gasteiger partial charge in [0.1, 0.15) is 0 Å². The van der Waals surface area contributed by atoms with E-state index in [4.69, 9.17) is 5.73 Å². The predicted molar refractivity (Wildman–Crippen MR) is 50.4 cm³/mol. The first-order valence-corrected chi connectivity index (χ1v) is 4.89. The summed E-state index contributed by atoms with van der Waals surface area (Å²) in [6, 6.07) is -0.581. The van der Waals surface area contributed by atoms with Crippen LogP contribution in [0.1, 0.15) is 6.92 Å². The zero-order valence-corrected chi connectivity index (χ0v) is 8.40. The molecule has 15 heavy (non-hydrogen) atoms. The summed E-state index contributed by atoms with van der Waals surface area (Å²) in [4.78, 5) is 35.7. The highest BCUT2D eigenvalue weighted by Gasteiger charge is 2.49. The van der Waals surface area contributed by atoms with Gasteiger partial charge in [0.15, 0.2) is 0 Å². The minimum Gasteiger partial charge on any atom is -0.340 e. The van der Waals surface area contributed by atoms with E-state index in [1.807, 2.05) is 0 Å². The predicted octanol–water partition coefficient (Wildman–Crippen LogP) is -1.94. The van der Waals surface area contributed by atoms with Crippen molar-refractivity contribution >= 4 is 17.7 Å². The summed E-state index contributed by atoms with van der Waals surface area (Å²) >= 11 is 0. The van der Waals surface area contributed by atoms with Crippen LogP contribution in [0.2, 0.25) is 0 Å². The molecular weight excluding hydrogens is 198 g/mol. The van der Waals surface area contributed by atoms with Gasteiger partial charge < -0.3 is 10.6 Å². The maximum Gasteiger partial charge on any atom is 0.239 e. The molecule has 0 spiro atoms. The summed E-state index contributed by atoms with van der Waals surface area (Å²) in [7, 11) is 0. The van der Waals surface area contributed by atoms with Crippen molar-refractivity contribution in [1.82, 2.24) is 10.2 Å². The summed E-state index contributed by atoms with van der Waals surface area (Å²) in [5.41, 5.74) is 5.46. The second-order valence-electron chi connectivity index (χ2n) is 4.10. The second-order valence-corrected chi connectivity index (χ2v) is 4.10. The van der Waals surface area contributed by atoms with Crippen molar-refractivity contribution in [3.05, 3.63) is 0 Å². The van der Waals surface area contributed by atoms with E-state index in [0.29, 0.717) is 13.1 Å². The summed E-state index contributed by atoms with van der Waals surface area (Å²) in [6.07, 6.45) is 0. The molecule has 2 heterocycles. The SMILES string of the molecule is CC(N)C(=O)N1CC2C(=O)NC(=O)C2C1. The van der Waals surface area contributed by atoms with Crippen molar-refractivity contribution < 1.29 is 14.4 Å². The van der Waals surface area contributed by atoms with Crippen LogP contribution >= 0.6 is 0 Å². The number of nitrogens with zero attached hydrogens (tertiary/aromatic N) is 1. The summed E-state index contributed by atoms with van der Waals surface area (Å²) in [5, 5.41) is 2.26. The summed E-state index contributed by atoms with van der Waals surface area (Å²) in [5.74, 6) is -1.50. The van der Waals surface area contributed by atoms with Crippen molar-refractivity contribution in [3.63, 3.8) is 0 Å². The molecule has 2 aliphatic rings. The smallest absolute Gasteiger partial charge is 0.239 e. The van der Waals surface area contributed by atoms with Gasteiger partial charge in [0.25, 0.3) is 0 Å². The van der Waals surface area contributed by atoms with Gasteiger partial charge in [-0.2, -0.15) is 0 Å². The Labute approximate surface area is 86.8 Å². The highest BCUT2D eigenvalue weighted by atomic mass is 16.2. The molecule has 2 fully saturated rings. The first-order chi connectivity index (χ1) is 7.00. The van der Waals surface area contributed by atoms with E-state index in [1.165, 1.54) is 4.90 Å². The molecule has 6 heteroatoms. The molecule has 3 atom stereocenters. The fourth-order valence-electron chi connectivity index (χ4n) is 2.11. The normalized spacial score (nSPS) is 31.5. The van der Waals surface area contributed by atoms with Gasteiger partial charge >= 0.3 is 0 Å². The van der Waals surface area contributed by atoms with E-state index in [1.54, 1.807) is 6.92 Å². The molecule has 0 aromatic rings. The maximum atomic E-state index is 11.5. The van der Waals surface area contributed by atoms with E-state index >= 15 is 0 Å². The monoisotopic (exact) mass is 211 g/mol. The fourth-order valence-corrected chi connectivity index (χ4v) is 2.11. The Bertz CT molecular complexity index is 317. The number of fused-ring (bicyclic) bond motifs is 1. The van der Waals surface area contributed by atoms with E-state index in [0.717, 1.165) is 0 Å². The van der Waals surface area contributed by atoms with Crippen molar-refractivity contribution in [1.29, 1.82) is 0 Å². The number of nitrogens with one attached hydrogen (secondary N) is 1. The van der Waals surface area contributed by atoms with Crippen molar-refractivity contribution in [2.45, 2.75) is 13.0 Å². The zero-order valence-electron chi connectivity index (χ0n) is 8.40. The highest BCUT2D eigenvalue weighted by Crippen LogP contribution is 2.28. The van der Waals surface area contributed by atoms with Crippen molar-refractivity contribution in [2.75, 3.05) is 13.1 Å². The largest absolute Gasteiger partial charge is 0.340 e. The van der Waals surface area contributed by atoms with Gasteiger partial charge in [0.05, 0.1) is 17.9 Å². The molecule has 0 aromatic carbocycles. The van der Waals surface area contributed by atoms with Crippen LogP contribution in [0.25, 0.3) is 0 Å². The molecule has 3 N–H and O–H groups in total. The molecule has 2 rings (SSSR count). The molecule has 3 amide bonds. The Morgan fingerprint density at radius 3 is 2.27 bits per heavy atom. The third-order valence-electron chi connectivity index (χ3n) is 2.94. The van der Waals surface area contributed by atoms with Gasteiger partial charge in [-0.15, -0.1) is 0 Å². The zero-order chi connectivity index (χ0) is 11.2. The van der Waals surface area contributed by atoms with Crippen molar-refractivity contribution in [2.24, 2.45) is 17.6 Å². The molecule has 82 valence electrons. The standard InChI is InChI=1S/C9H13N3O3/c1-4(10)9(15)12-2-5-6(3-12)8(14)11-7(5)13/h4-6H,2-3,10H2,1H3,(H,11,13,14). The number of rotatable bonds is 1. The quantitative estimate of drug-likeness (QED) is 0.494. The lowest BCUT2D eigenvalue weighted by atomic mass is 10.00. The Balaban J connectivity index is 2.10. The number of carbonyl (C=O) groups excluding carboxylic acids is 3. The molecule has 0 saturated carbocycles. The lowest BCUT2D eigenvalue weighted by Gasteiger charge is -2.18. The number of carbonyl (C=O) groups is 3. The Kier molecular flexibility index (Phi) is 2.22. The van der Waals surface area contributed by atoms with Crippen LogP contribution in [0.4, 0.5) is 0 Å². The van der Waals surface area contributed by atoms with Gasteiger partial charge in [-0.3, -0.25) is 19.7 Å². The number of hydrogen-bond acceptors (Lipinski definition) is 4. The van der Waals surface area contributed by atoms with Crippen LogP contribution in [-0.4, -0.2) is 41.8 Å². The molecule has 0 aromatic heterocycles. The number of hydrogen-bond donors (Lipinski definition) is 2. The number of amides is 3. The van der Waals surface area contributed by atoms with E-state index in [9.17, 15) is 14.4 Å². The molecule has 0 aliphatic carbocycles. The Morgan fingerprint density at radius 2 is 1.87 bits per heavy atom. The van der Waals surface area contributed by atoms with E-state index < -0.39 is 6.04 Å². The van der Waals surface area contributed by atoms with Gasteiger partial charge in [-0.25, -0.2) is 0 Å². The van der Waals surface area contributed by atoms with Gasteiger partial charge in [0.2, 0.25) is 17.7 Å². The minimum absolute atomic E-state index is 0.204. The lowest BCUT2D eigenvalue weighted by molar-refractivity contribution is -0.132. The molecule has 6 nitrogen and oxygen atoms in total. The first-order valence-electron chi connectivity index (χ1n) is 4.89. The summed E-state index contributed by atoms with van der Waals surface area (Å²) < 4.78 is 0. The molecule has 3 unspecified atom stereocenters. The average molecular weight is 211 g/mol. The topological polar surface area (TPSA) is 92.5 Å². The number of nitrogens with two attached hydrogens (primary N) is 1. The van der Waals surface area contributed by atoms with E-state index in [2.05, 4.69) is 5.32 Å². The van der Waals surface area contributed by atoms with Gasteiger partial charge in [0, 0.05) is 13.1 Å². The first kappa shape index (κ1) is 10.1. The van der Waals surface area contributed by atoms with Crippen LogP contribution in [0.5, 0.6) is 0 Å². The second kappa shape index (κ2) is 3.30. The van der Waals surface area contributed by atoms with Crippen LogP contribution < -0.4 is 11.1 Å². The molecule has 0 radical (unpaired) electrons. The molecular formula is C9H13N3O3. The fraction of sp³-hybridized carbons (Fsp3) is 0.667. The molecule has 0 bridgehead atoms. The molecule has 2 aliphatic heterocycles. The maximum absolute atomic E-state index is 11.5. The highest BCUT2D eigenvalue weighted by molar-refractivity contribution is 6.06. The van der Waals surface area contributed by atoms with Crippen LogP contribution in [0, 0.1) is 11.8 Å². The van der Waals surface area contributed by atoms with Gasteiger partial charge in [-0.1, -0.05) is 0 Å². The molecule has 2 saturated heterocycles. The third kappa shape index (κ3) is 1.50. The Morgan fingerprint density at radius 1 is 1.40 bits per heavy atom. The Hall–Kier alpha value is -1.43. The average Bonchev–Trinajstić information content (AvgIpc) is 2.68. The van der Waals surface area contributed by atoms with Crippen LogP contribution in [0.15, 0.2) is 0 Å². The van der Waals surface area contributed by atoms with Gasteiger partial charge in [-0.05, 0) is 6.92 Å². The number of likely N-dealkylation sites (tertiary alicyclic amines) is 1. The van der Waals surface area contributed by atoms with Crippen LogP contribution in [-0.2, 0) is 14.4 Å². The number of imide groups is 1. The lowest BCUT2D eigenvalue weighted by Crippen LogP contribution is -2.43. The van der Waals surface area contributed by atoms with Crippen LogP contribution in [0.3, 0.4) is 0 Å². The van der Waals surface area contributed by atoms with Crippen molar-refractivity contribution in [3.8, 4) is 0 Å². The third-order valence-corrected chi connectivity index (χ3v) is 2.94. The summed E-state index contributed by atoms with van der Waals surface area (Å²) in [6.45, 7) is 2.21.